The number of nitro benzene ring substituents is 1. The minimum Gasteiger partial charge on any atom is -0.497 e. The Morgan fingerprint density at radius 3 is 2.37 bits per heavy atom. The predicted molar refractivity (Wildman–Crippen MR) is 108 cm³/mol. The van der Waals surface area contributed by atoms with Crippen molar-refractivity contribution < 1.29 is 23.7 Å². The molecule has 0 saturated carbocycles. The summed E-state index contributed by atoms with van der Waals surface area (Å²) < 4.78 is 10.6. The number of nitro groups is 1. The Labute approximate surface area is 170 Å². The first-order chi connectivity index (χ1) is 14.5. The number of non-ortho nitro benzene ring substituents is 1. The molecule has 1 aromatic heterocycles. The van der Waals surface area contributed by atoms with E-state index < -0.39 is 16.7 Å². The fraction of sp³-hybridized carbons (Fsp3) is 0.0500. The SMILES string of the molecule is COc1ccc(NC(=O)C(=O)N/N=C/c2ccc(-c3ccc([N+](=O)[O-])cc3)o2)cc1. The zero-order valence-corrected chi connectivity index (χ0v) is 15.7. The van der Waals surface area contributed by atoms with Crippen molar-refractivity contribution in [2.75, 3.05) is 12.4 Å². The minimum absolute atomic E-state index is 0.0253. The van der Waals surface area contributed by atoms with E-state index >= 15 is 0 Å². The van der Waals surface area contributed by atoms with Gasteiger partial charge in [0.1, 0.15) is 17.3 Å². The fourth-order valence-corrected chi connectivity index (χ4v) is 2.39. The number of carbonyl (C=O) groups excluding carboxylic acids is 2. The van der Waals surface area contributed by atoms with Crippen LogP contribution in [-0.2, 0) is 9.59 Å². The van der Waals surface area contributed by atoms with Crippen molar-refractivity contribution in [1.82, 2.24) is 5.43 Å². The first-order valence-electron chi connectivity index (χ1n) is 8.59. The molecule has 0 atom stereocenters. The average molecular weight is 408 g/mol. The van der Waals surface area contributed by atoms with E-state index in [4.69, 9.17) is 9.15 Å². The lowest BCUT2D eigenvalue weighted by molar-refractivity contribution is -0.384. The predicted octanol–water partition coefficient (Wildman–Crippen LogP) is 2.95. The molecule has 0 fully saturated rings. The molecule has 1 heterocycles. The highest BCUT2D eigenvalue weighted by molar-refractivity contribution is 6.39. The number of furan rings is 1. The lowest BCUT2D eigenvalue weighted by Gasteiger charge is -2.05. The highest BCUT2D eigenvalue weighted by Gasteiger charge is 2.13. The van der Waals surface area contributed by atoms with Crippen LogP contribution < -0.4 is 15.5 Å². The highest BCUT2D eigenvalue weighted by atomic mass is 16.6. The van der Waals surface area contributed by atoms with Crippen molar-refractivity contribution in [3.8, 4) is 17.1 Å². The number of rotatable bonds is 6. The van der Waals surface area contributed by atoms with E-state index in [1.165, 1.54) is 25.5 Å². The van der Waals surface area contributed by atoms with Crippen molar-refractivity contribution in [1.29, 1.82) is 0 Å². The van der Waals surface area contributed by atoms with Gasteiger partial charge in [-0.1, -0.05) is 0 Å². The second kappa shape index (κ2) is 9.15. The lowest BCUT2D eigenvalue weighted by Crippen LogP contribution is -2.32. The first kappa shape index (κ1) is 20.3. The number of carbonyl (C=O) groups is 2. The van der Waals surface area contributed by atoms with Gasteiger partial charge in [-0.25, -0.2) is 5.43 Å². The van der Waals surface area contributed by atoms with Crippen LogP contribution in [0.4, 0.5) is 11.4 Å². The number of nitrogens with zero attached hydrogens (tertiary/aromatic N) is 2. The Hall–Kier alpha value is -4.47. The molecular formula is C20H16N4O6. The van der Waals surface area contributed by atoms with Crippen LogP contribution in [0.1, 0.15) is 5.76 Å². The first-order valence-corrected chi connectivity index (χ1v) is 8.59. The summed E-state index contributed by atoms with van der Waals surface area (Å²) in [5.74, 6) is -0.435. The Balaban J connectivity index is 1.55. The van der Waals surface area contributed by atoms with Gasteiger partial charge in [0.2, 0.25) is 0 Å². The second-order valence-corrected chi connectivity index (χ2v) is 5.89. The van der Waals surface area contributed by atoms with Crippen molar-refractivity contribution >= 4 is 29.4 Å². The topological polar surface area (TPSA) is 136 Å². The quantitative estimate of drug-likeness (QED) is 0.278. The van der Waals surface area contributed by atoms with Crippen molar-refractivity contribution in [3.63, 3.8) is 0 Å². The van der Waals surface area contributed by atoms with Gasteiger partial charge in [0.05, 0.1) is 18.2 Å². The highest BCUT2D eigenvalue weighted by Crippen LogP contribution is 2.24. The van der Waals surface area contributed by atoms with E-state index in [2.05, 4.69) is 15.8 Å². The molecule has 3 rings (SSSR count). The smallest absolute Gasteiger partial charge is 0.329 e. The number of hydrogen-bond acceptors (Lipinski definition) is 7. The molecule has 0 spiro atoms. The molecule has 10 heteroatoms. The molecular weight excluding hydrogens is 392 g/mol. The van der Waals surface area contributed by atoms with Crippen LogP contribution in [-0.4, -0.2) is 30.1 Å². The molecule has 0 saturated heterocycles. The molecule has 0 radical (unpaired) electrons. The third kappa shape index (κ3) is 5.07. The molecule has 3 aromatic rings. The van der Waals surface area contributed by atoms with Crippen LogP contribution in [0.25, 0.3) is 11.3 Å². The van der Waals surface area contributed by atoms with Gasteiger partial charge in [-0.15, -0.1) is 0 Å². The van der Waals surface area contributed by atoms with E-state index in [1.54, 1.807) is 48.5 Å². The monoisotopic (exact) mass is 408 g/mol. The van der Waals surface area contributed by atoms with Gasteiger partial charge in [0, 0.05) is 23.4 Å². The van der Waals surface area contributed by atoms with Crippen LogP contribution in [0, 0.1) is 10.1 Å². The van der Waals surface area contributed by atoms with E-state index in [0.717, 1.165) is 0 Å². The standard InChI is InChI=1S/C20H16N4O6/c1-29-16-8-4-14(5-9-16)22-19(25)20(26)23-21-12-17-10-11-18(30-17)13-2-6-15(7-3-13)24(27)28/h2-12H,1H3,(H,22,25)(H,23,26)/b21-12+. The van der Waals surface area contributed by atoms with Gasteiger partial charge < -0.3 is 14.5 Å². The number of benzene rings is 2. The third-order valence-corrected chi connectivity index (χ3v) is 3.90. The molecule has 2 N–H and O–H groups in total. The molecule has 0 bridgehead atoms. The summed E-state index contributed by atoms with van der Waals surface area (Å²) >= 11 is 0. The molecule has 0 aliphatic rings. The molecule has 0 aliphatic heterocycles. The minimum atomic E-state index is -0.954. The number of ether oxygens (including phenoxy) is 1. The van der Waals surface area contributed by atoms with Crippen LogP contribution in [0.2, 0.25) is 0 Å². The number of nitrogens with one attached hydrogen (secondary N) is 2. The van der Waals surface area contributed by atoms with Crippen LogP contribution in [0.3, 0.4) is 0 Å². The van der Waals surface area contributed by atoms with Gasteiger partial charge in [-0.2, -0.15) is 5.10 Å². The van der Waals surface area contributed by atoms with Crippen molar-refractivity contribution in [2.45, 2.75) is 0 Å². The average Bonchev–Trinajstić information content (AvgIpc) is 3.23. The number of hydrazone groups is 1. The Kier molecular flexibility index (Phi) is 6.18. The summed E-state index contributed by atoms with van der Waals surface area (Å²) in [6, 6.07) is 15.6. The molecule has 2 amide bonds. The summed E-state index contributed by atoms with van der Waals surface area (Å²) in [7, 11) is 1.52. The summed E-state index contributed by atoms with van der Waals surface area (Å²) in [6.07, 6.45) is 1.23. The number of amides is 2. The molecule has 30 heavy (non-hydrogen) atoms. The summed E-state index contributed by atoms with van der Waals surface area (Å²) in [6.45, 7) is 0. The van der Waals surface area contributed by atoms with E-state index in [9.17, 15) is 19.7 Å². The Morgan fingerprint density at radius 1 is 1.03 bits per heavy atom. The van der Waals surface area contributed by atoms with Gasteiger partial charge in [0.25, 0.3) is 5.69 Å². The maximum atomic E-state index is 11.9. The third-order valence-electron chi connectivity index (χ3n) is 3.90. The normalized spacial score (nSPS) is 10.6. The molecule has 2 aromatic carbocycles. The Morgan fingerprint density at radius 2 is 1.73 bits per heavy atom. The second-order valence-electron chi connectivity index (χ2n) is 5.89. The fourth-order valence-electron chi connectivity index (χ4n) is 2.39. The van der Waals surface area contributed by atoms with E-state index in [1.807, 2.05) is 0 Å². The molecule has 10 nitrogen and oxygen atoms in total. The van der Waals surface area contributed by atoms with Crippen LogP contribution in [0.5, 0.6) is 5.75 Å². The zero-order valence-electron chi connectivity index (χ0n) is 15.7. The maximum absolute atomic E-state index is 11.9. The van der Waals surface area contributed by atoms with Crippen molar-refractivity contribution in [2.24, 2.45) is 5.10 Å². The number of methoxy groups -OCH3 is 1. The summed E-state index contributed by atoms with van der Waals surface area (Å²) in [5.41, 5.74) is 3.15. The van der Waals surface area contributed by atoms with Crippen LogP contribution >= 0.6 is 0 Å². The van der Waals surface area contributed by atoms with E-state index in [-0.39, 0.29) is 5.69 Å². The van der Waals surface area contributed by atoms with Gasteiger partial charge >= 0.3 is 11.8 Å². The summed E-state index contributed by atoms with van der Waals surface area (Å²) in [5, 5.41) is 16.8. The van der Waals surface area contributed by atoms with Crippen molar-refractivity contribution in [3.05, 3.63) is 76.5 Å². The number of anilines is 1. The number of hydrogen-bond donors (Lipinski definition) is 2. The zero-order chi connectivity index (χ0) is 21.5. The molecule has 0 aliphatic carbocycles. The summed E-state index contributed by atoms with van der Waals surface area (Å²) in [4.78, 5) is 33.9. The van der Waals surface area contributed by atoms with Gasteiger partial charge in [-0.05, 0) is 48.5 Å². The largest absolute Gasteiger partial charge is 0.497 e. The molecule has 152 valence electrons. The lowest BCUT2D eigenvalue weighted by atomic mass is 10.1. The molecule has 0 unspecified atom stereocenters. The van der Waals surface area contributed by atoms with Gasteiger partial charge in [0.15, 0.2) is 0 Å². The van der Waals surface area contributed by atoms with Crippen LogP contribution in [0.15, 0.2) is 70.2 Å². The van der Waals surface area contributed by atoms with E-state index in [0.29, 0.717) is 28.5 Å². The Bertz CT molecular complexity index is 1090. The van der Waals surface area contributed by atoms with Gasteiger partial charge in [-0.3, -0.25) is 19.7 Å². The maximum Gasteiger partial charge on any atom is 0.329 e.